The maximum atomic E-state index is 14.7. The van der Waals surface area contributed by atoms with Crippen molar-refractivity contribution in [2.24, 2.45) is 0 Å². The van der Waals surface area contributed by atoms with Crippen LogP contribution in [0.25, 0.3) is 0 Å². The first-order valence-corrected chi connectivity index (χ1v) is 11.0. The van der Waals surface area contributed by atoms with Crippen molar-refractivity contribution in [1.82, 2.24) is 15.2 Å². The van der Waals surface area contributed by atoms with Crippen molar-refractivity contribution < 1.29 is 23.5 Å². The van der Waals surface area contributed by atoms with Crippen molar-refractivity contribution in [3.63, 3.8) is 0 Å². The Labute approximate surface area is 193 Å². The molecular weight excluding hydrogens is 427 g/mol. The van der Waals surface area contributed by atoms with Crippen molar-refractivity contribution >= 4 is 17.8 Å². The summed E-state index contributed by atoms with van der Waals surface area (Å²) in [6.07, 6.45) is 0.731. The Morgan fingerprint density at radius 1 is 1.21 bits per heavy atom. The Bertz CT molecular complexity index is 978. The van der Waals surface area contributed by atoms with Gasteiger partial charge in [0.1, 0.15) is 11.6 Å². The second-order valence-corrected chi connectivity index (χ2v) is 8.88. The number of pyridine rings is 1. The maximum absolute atomic E-state index is 14.7. The zero-order valence-electron chi connectivity index (χ0n) is 19.5. The summed E-state index contributed by atoms with van der Waals surface area (Å²) in [4.78, 5) is 30.9. The van der Waals surface area contributed by atoms with Crippen LogP contribution in [0.3, 0.4) is 0 Å². The SMILES string of the molecule is COc1nc(NCc2ccccc2)c(F)cc1CNC(=O)[C@@H]1CCCN1C(=O)OC(C)(C)C. The Balaban J connectivity index is 1.63. The van der Waals surface area contributed by atoms with Gasteiger partial charge in [-0.15, -0.1) is 0 Å². The molecule has 0 saturated carbocycles. The van der Waals surface area contributed by atoms with Crippen LogP contribution in [0.5, 0.6) is 5.88 Å². The third-order valence-corrected chi connectivity index (χ3v) is 5.15. The van der Waals surface area contributed by atoms with Crippen LogP contribution >= 0.6 is 0 Å². The Kier molecular flexibility index (Phi) is 7.73. The summed E-state index contributed by atoms with van der Waals surface area (Å²) in [6.45, 7) is 6.22. The quantitative estimate of drug-likeness (QED) is 0.655. The predicted octanol–water partition coefficient (Wildman–Crippen LogP) is 3.86. The number of benzene rings is 1. The van der Waals surface area contributed by atoms with Gasteiger partial charge in [0.25, 0.3) is 0 Å². The second-order valence-electron chi connectivity index (χ2n) is 8.88. The summed E-state index contributed by atoms with van der Waals surface area (Å²) in [7, 11) is 1.44. The predicted molar refractivity (Wildman–Crippen MR) is 122 cm³/mol. The van der Waals surface area contributed by atoms with E-state index in [2.05, 4.69) is 15.6 Å². The number of amides is 2. The third-order valence-electron chi connectivity index (χ3n) is 5.15. The zero-order chi connectivity index (χ0) is 24.0. The number of nitrogens with zero attached hydrogens (tertiary/aromatic N) is 2. The van der Waals surface area contributed by atoms with Crippen LogP contribution in [0.2, 0.25) is 0 Å². The number of rotatable bonds is 7. The van der Waals surface area contributed by atoms with Crippen molar-refractivity contribution in [1.29, 1.82) is 0 Å². The number of likely N-dealkylation sites (tertiary alicyclic amines) is 1. The van der Waals surface area contributed by atoms with E-state index >= 15 is 0 Å². The lowest BCUT2D eigenvalue weighted by molar-refractivity contribution is -0.125. The van der Waals surface area contributed by atoms with Crippen LogP contribution < -0.4 is 15.4 Å². The van der Waals surface area contributed by atoms with Gasteiger partial charge < -0.3 is 20.1 Å². The fourth-order valence-corrected chi connectivity index (χ4v) is 3.60. The van der Waals surface area contributed by atoms with E-state index in [0.29, 0.717) is 31.5 Å². The van der Waals surface area contributed by atoms with Gasteiger partial charge >= 0.3 is 6.09 Å². The van der Waals surface area contributed by atoms with E-state index in [1.807, 2.05) is 30.3 Å². The van der Waals surface area contributed by atoms with E-state index in [1.165, 1.54) is 18.1 Å². The van der Waals surface area contributed by atoms with Crippen LogP contribution in [0.1, 0.15) is 44.7 Å². The lowest BCUT2D eigenvalue weighted by Crippen LogP contribution is -2.47. The highest BCUT2D eigenvalue weighted by Crippen LogP contribution is 2.24. The van der Waals surface area contributed by atoms with Crippen molar-refractivity contribution in [2.45, 2.75) is 58.3 Å². The minimum absolute atomic E-state index is 0.0174. The molecule has 178 valence electrons. The monoisotopic (exact) mass is 458 g/mol. The zero-order valence-corrected chi connectivity index (χ0v) is 19.5. The number of carbonyl (C=O) groups excluding carboxylic acids is 2. The minimum atomic E-state index is -0.645. The topological polar surface area (TPSA) is 92.8 Å². The molecule has 1 aliphatic rings. The molecule has 33 heavy (non-hydrogen) atoms. The molecule has 1 aromatic heterocycles. The Hall–Kier alpha value is -3.36. The van der Waals surface area contributed by atoms with Crippen molar-refractivity contribution in [3.05, 3.63) is 53.3 Å². The maximum Gasteiger partial charge on any atom is 0.410 e. The first-order chi connectivity index (χ1) is 15.7. The van der Waals surface area contributed by atoms with E-state index in [4.69, 9.17) is 9.47 Å². The van der Waals surface area contributed by atoms with E-state index in [-0.39, 0.29) is 24.1 Å². The first-order valence-electron chi connectivity index (χ1n) is 11.0. The lowest BCUT2D eigenvalue weighted by Gasteiger charge is -2.28. The molecule has 2 aromatic rings. The Morgan fingerprint density at radius 2 is 1.94 bits per heavy atom. The average molecular weight is 459 g/mol. The molecule has 1 fully saturated rings. The minimum Gasteiger partial charge on any atom is -0.481 e. The van der Waals surface area contributed by atoms with Gasteiger partial charge in [0, 0.05) is 25.2 Å². The molecule has 2 N–H and O–H groups in total. The third kappa shape index (κ3) is 6.57. The highest BCUT2D eigenvalue weighted by Gasteiger charge is 2.36. The number of aromatic nitrogens is 1. The molecule has 0 aliphatic carbocycles. The van der Waals surface area contributed by atoms with Gasteiger partial charge in [0.05, 0.1) is 7.11 Å². The molecule has 1 aliphatic heterocycles. The van der Waals surface area contributed by atoms with Gasteiger partial charge in [0.2, 0.25) is 11.8 Å². The standard InChI is InChI=1S/C24H31FN4O4/c1-24(2,3)33-23(31)29-12-8-11-19(29)21(30)27-15-17-13-18(25)20(28-22(17)32-4)26-14-16-9-6-5-7-10-16/h5-7,9-10,13,19H,8,11-12,14-15H2,1-4H3,(H,26,28)(H,27,30)/t19-/m0/s1. The highest BCUT2D eigenvalue weighted by atomic mass is 19.1. The molecule has 3 rings (SSSR count). The molecule has 2 heterocycles. The van der Waals surface area contributed by atoms with Crippen molar-refractivity contribution in [2.75, 3.05) is 19.0 Å². The van der Waals surface area contributed by atoms with Gasteiger partial charge in [-0.2, -0.15) is 4.98 Å². The van der Waals surface area contributed by atoms with E-state index in [9.17, 15) is 14.0 Å². The normalized spacial score (nSPS) is 15.8. The van der Waals surface area contributed by atoms with Crippen LogP contribution in [0.15, 0.2) is 36.4 Å². The van der Waals surface area contributed by atoms with Gasteiger partial charge in [-0.1, -0.05) is 30.3 Å². The number of methoxy groups -OCH3 is 1. The van der Waals surface area contributed by atoms with Crippen LogP contribution in [-0.4, -0.2) is 47.2 Å². The van der Waals surface area contributed by atoms with E-state index in [0.717, 1.165) is 5.56 Å². The number of carbonyl (C=O) groups is 2. The fourth-order valence-electron chi connectivity index (χ4n) is 3.60. The average Bonchev–Trinajstić information content (AvgIpc) is 3.26. The number of ether oxygens (including phenoxy) is 2. The molecule has 1 aromatic carbocycles. The molecule has 0 radical (unpaired) electrons. The first kappa shape index (κ1) is 24.3. The fraction of sp³-hybridized carbons (Fsp3) is 0.458. The van der Waals surface area contributed by atoms with E-state index < -0.39 is 23.6 Å². The van der Waals surface area contributed by atoms with Crippen LogP contribution in [0, 0.1) is 5.82 Å². The lowest BCUT2D eigenvalue weighted by atomic mass is 10.2. The van der Waals surface area contributed by atoms with E-state index in [1.54, 1.807) is 20.8 Å². The van der Waals surface area contributed by atoms with Crippen LogP contribution in [-0.2, 0) is 22.6 Å². The summed E-state index contributed by atoms with van der Waals surface area (Å²) >= 11 is 0. The van der Waals surface area contributed by atoms with Gasteiger partial charge in [-0.3, -0.25) is 9.69 Å². The largest absolute Gasteiger partial charge is 0.481 e. The molecular formula is C24H31FN4O4. The number of nitrogens with one attached hydrogen (secondary N) is 2. The summed E-state index contributed by atoms with van der Waals surface area (Å²) < 4.78 is 25.4. The smallest absolute Gasteiger partial charge is 0.410 e. The van der Waals surface area contributed by atoms with Gasteiger partial charge in [-0.25, -0.2) is 9.18 Å². The molecule has 8 nitrogen and oxygen atoms in total. The number of anilines is 1. The second kappa shape index (κ2) is 10.5. The molecule has 2 amide bonds. The molecule has 1 atom stereocenters. The number of hydrogen-bond donors (Lipinski definition) is 2. The van der Waals surface area contributed by atoms with Crippen molar-refractivity contribution in [3.8, 4) is 5.88 Å². The summed E-state index contributed by atoms with van der Waals surface area (Å²) in [5.41, 5.74) is 0.739. The summed E-state index contributed by atoms with van der Waals surface area (Å²) in [5, 5.41) is 5.74. The molecule has 0 spiro atoms. The van der Waals surface area contributed by atoms with Gasteiger partial charge in [0.15, 0.2) is 11.6 Å². The summed E-state index contributed by atoms with van der Waals surface area (Å²) in [5.74, 6) is -0.598. The molecule has 1 saturated heterocycles. The van der Waals surface area contributed by atoms with Gasteiger partial charge in [-0.05, 0) is 45.2 Å². The highest BCUT2D eigenvalue weighted by molar-refractivity contribution is 5.86. The van der Waals surface area contributed by atoms with Crippen LogP contribution in [0.4, 0.5) is 15.0 Å². The Morgan fingerprint density at radius 3 is 2.61 bits per heavy atom. The summed E-state index contributed by atoms with van der Waals surface area (Å²) in [6, 6.07) is 10.2. The molecule has 9 heteroatoms. The molecule has 0 unspecified atom stereocenters. The number of hydrogen-bond acceptors (Lipinski definition) is 6. The molecule has 0 bridgehead atoms. The number of halogens is 1.